The van der Waals surface area contributed by atoms with Crippen molar-refractivity contribution in [2.45, 2.75) is 6.92 Å². The first kappa shape index (κ1) is 14.1. The zero-order valence-electron chi connectivity index (χ0n) is 10.9. The maximum Gasteiger partial charge on any atom is 0.337 e. The fourth-order valence-corrected chi connectivity index (χ4v) is 1.69. The number of nitrogens with zero attached hydrogens (tertiary/aromatic N) is 2. The number of benzene rings is 1. The normalized spacial score (nSPS) is 10.2. The van der Waals surface area contributed by atoms with Crippen LogP contribution in [-0.2, 0) is 0 Å². The number of ether oxygens (including phenoxy) is 2. The Morgan fingerprint density at radius 1 is 1.50 bits per heavy atom. The van der Waals surface area contributed by atoms with Crippen molar-refractivity contribution in [3.63, 3.8) is 0 Å². The summed E-state index contributed by atoms with van der Waals surface area (Å²) in [5.41, 5.74) is 0.339. The van der Waals surface area contributed by atoms with Crippen LogP contribution in [0, 0.1) is 0 Å². The minimum atomic E-state index is -0.391. The van der Waals surface area contributed by atoms with E-state index < -0.39 is 5.91 Å². The number of hydrogen-bond donors (Lipinski definition) is 2. The molecule has 2 rings (SSSR count). The molecule has 0 radical (unpaired) electrons. The van der Waals surface area contributed by atoms with Crippen molar-refractivity contribution >= 4 is 23.5 Å². The topological polar surface area (TPSA) is 89.1 Å². The first-order valence-corrected chi connectivity index (χ1v) is 6.22. The lowest BCUT2D eigenvalue weighted by Crippen LogP contribution is -2.14. The first-order valence-electron chi connectivity index (χ1n) is 5.84. The summed E-state index contributed by atoms with van der Waals surface area (Å²) < 4.78 is 10.2. The number of anilines is 1. The number of carbonyl (C=O) groups is 1. The van der Waals surface area contributed by atoms with Crippen molar-refractivity contribution in [1.29, 1.82) is 0 Å². The second-order valence-corrected chi connectivity index (χ2v) is 4.13. The summed E-state index contributed by atoms with van der Waals surface area (Å²) in [5, 5.41) is 9.38. The average Bonchev–Trinajstić information content (AvgIpc) is 2.86. The minimum Gasteiger partial charge on any atom is -0.496 e. The zero-order chi connectivity index (χ0) is 14.5. The Bertz CT molecular complexity index is 614. The van der Waals surface area contributed by atoms with Gasteiger partial charge < -0.3 is 9.47 Å². The fourth-order valence-electron chi connectivity index (χ4n) is 1.52. The molecular formula is C12H13ClN4O3. The van der Waals surface area contributed by atoms with E-state index in [0.29, 0.717) is 22.9 Å². The third-order valence-corrected chi connectivity index (χ3v) is 2.61. The largest absolute Gasteiger partial charge is 0.496 e. The van der Waals surface area contributed by atoms with Gasteiger partial charge in [-0.2, -0.15) is 4.98 Å². The quantitative estimate of drug-likeness (QED) is 0.882. The highest BCUT2D eigenvalue weighted by atomic mass is 35.5. The number of hydrogen-bond acceptors (Lipinski definition) is 5. The summed E-state index contributed by atoms with van der Waals surface area (Å²) in [5.74, 6) is 0.174. The summed E-state index contributed by atoms with van der Waals surface area (Å²) in [6.45, 7) is 2.25. The Morgan fingerprint density at radius 2 is 2.30 bits per heavy atom. The second kappa shape index (κ2) is 6.25. The van der Waals surface area contributed by atoms with Crippen molar-refractivity contribution < 1.29 is 14.3 Å². The van der Waals surface area contributed by atoms with Crippen LogP contribution in [0.5, 0.6) is 11.8 Å². The molecule has 1 heterocycles. The van der Waals surface area contributed by atoms with Gasteiger partial charge in [-0.05, 0) is 25.1 Å². The van der Waals surface area contributed by atoms with Gasteiger partial charge in [-0.1, -0.05) is 11.6 Å². The monoisotopic (exact) mass is 296 g/mol. The van der Waals surface area contributed by atoms with Gasteiger partial charge in [0, 0.05) is 5.02 Å². The molecule has 1 aromatic carbocycles. The lowest BCUT2D eigenvalue weighted by Gasteiger charge is -2.07. The molecule has 20 heavy (non-hydrogen) atoms. The Hall–Kier alpha value is -2.28. The Labute approximate surface area is 120 Å². The van der Waals surface area contributed by atoms with E-state index in [1.165, 1.54) is 7.11 Å². The lowest BCUT2D eigenvalue weighted by molar-refractivity contribution is 0.102. The number of amides is 1. The van der Waals surface area contributed by atoms with Crippen LogP contribution in [0.3, 0.4) is 0 Å². The highest BCUT2D eigenvalue weighted by Gasteiger charge is 2.15. The number of rotatable bonds is 5. The molecule has 0 aliphatic carbocycles. The van der Waals surface area contributed by atoms with E-state index in [2.05, 4.69) is 20.5 Å². The molecule has 0 aliphatic heterocycles. The number of H-pyrrole nitrogens is 1. The number of carbonyl (C=O) groups excluding carboxylic acids is 1. The second-order valence-electron chi connectivity index (χ2n) is 3.70. The highest BCUT2D eigenvalue weighted by Crippen LogP contribution is 2.23. The predicted molar refractivity (Wildman–Crippen MR) is 73.5 cm³/mol. The standard InChI is InChI=1S/C12H13ClN4O3/c1-3-20-12-15-11(16-17-12)14-10(18)8-5-4-7(13)6-9(8)19-2/h4-6H,3H2,1-2H3,(H2,14,15,16,17,18). The van der Waals surface area contributed by atoms with E-state index in [0.717, 1.165) is 0 Å². The molecule has 0 spiro atoms. The van der Waals surface area contributed by atoms with Gasteiger partial charge in [0.25, 0.3) is 5.91 Å². The van der Waals surface area contributed by atoms with Crippen LogP contribution >= 0.6 is 11.6 Å². The summed E-state index contributed by atoms with van der Waals surface area (Å²) in [6.07, 6.45) is 0. The van der Waals surface area contributed by atoms with Crippen LogP contribution in [0.25, 0.3) is 0 Å². The smallest absolute Gasteiger partial charge is 0.337 e. The molecule has 0 bridgehead atoms. The number of halogens is 1. The van der Waals surface area contributed by atoms with Crippen LogP contribution in [0.15, 0.2) is 18.2 Å². The predicted octanol–water partition coefficient (Wildman–Crippen LogP) is 2.12. The van der Waals surface area contributed by atoms with E-state index in [9.17, 15) is 4.79 Å². The van der Waals surface area contributed by atoms with Crippen molar-refractivity contribution in [3.8, 4) is 11.8 Å². The van der Waals surface area contributed by atoms with E-state index in [-0.39, 0.29) is 12.0 Å². The van der Waals surface area contributed by atoms with Gasteiger partial charge in [0.15, 0.2) is 0 Å². The van der Waals surface area contributed by atoms with Gasteiger partial charge in [0.05, 0.1) is 19.3 Å². The molecule has 106 valence electrons. The minimum absolute atomic E-state index is 0.172. The van der Waals surface area contributed by atoms with Crippen LogP contribution in [0.4, 0.5) is 5.95 Å². The third-order valence-electron chi connectivity index (χ3n) is 2.38. The number of aromatic nitrogens is 3. The molecule has 0 unspecified atom stereocenters. The molecule has 1 amide bonds. The molecule has 0 atom stereocenters. The van der Waals surface area contributed by atoms with Gasteiger partial charge in [0.1, 0.15) is 5.75 Å². The van der Waals surface area contributed by atoms with Crippen LogP contribution < -0.4 is 14.8 Å². The average molecular weight is 297 g/mol. The Morgan fingerprint density at radius 3 is 3.00 bits per heavy atom. The maximum atomic E-state index is 12.1. The van der Waals surface area contributed by atoms with Gasteiger partial charge in [-0.25, -0.2) is 5.10 Å². The molecular weight excluding hydrogens is 284 g/mol. The number of aromatic amines is 1. The van der Waals surface area contributed by atoms with Crippen molar-refractivity contribution in [3.05, 3.63) is 28.8 Å². The van der Waals surface area contributed by atoms with Crippen LogP contribution in [-0.4, -0.2) is 34.8 Å². The fraction of sp³-hybridized carbons (Fsp3) is 0.250. The molecule has 2 aromatic rings. The molecule has 0 saturated heterocycles. The third kappa shape index (κ3) is 3.18. The van der Waals surface area contributed by atoms with Crippen LogP contribution in [0.2, 0.25) is 5.02 Å². The number of methoxy groups -OCH3 is 1. The van der Waals surface area contributed by atoms with E-state index >= 15 is 0 Å². The van der Waals surface area contributed by atoms with Crippen molar-refractivity contribution in [2.24, 2.45) is 0 Å². The summed E-state index contributed by atoms with van der Waals surface area (Å²) in [4.78, 5) is 16.1. The van der Waals surface area contributed by atoms with Crippen molar-refractivity contribution in [2.75, 3.05) is 19.0 Å². The van der Waals surface area contributed by atoms with Gasteiger partial charge in [-0.3, -0.25) is 10.1 Å². The summed E-state index contributed by atoms with van der Waals surface area (Å²) >= 11 is 5.84. The molecule has 0 saturated carbocycles. The van der Waals surface area contributed by atoms with E-state index in [1.807, 2.05) is 6.92 Å². The van der Waals surface area contributed by atoms with Crippen molar-refractivity contribution in [1.82, 2.24) is 15.2 Å². The summed E-state index contributed by atoms with van der Waals surface area (Å²) in [7, 11) is 1.46. The summed E-state index contributed by atoms with van der Waals surface area (Å²) in [6, 6.07) is 4.90. The first-order chi connectivity index (χ1) is 9.63. The molecule has 0 fully saturated rings. The lowest BCUT2D eigenvalue weighted by atomic mass is 10.2. The Balaban J connectivity index is 2.15. The molecule has 2 N–H and O–H groups in total. The molecule has 0 aliphatic rings. The van der Waals surface area contributed by atoms with E-state index in [4.69, 9.17) is 21.1 Å². The molecule has 7 nitrogen and oxygen atoms in total. The highest BCUT2D eigenvalue weighted by molar-refractivity contribution is 6.31. The SMILES string of the molecule is CCOc1n[nH]c(NC(=O)c2ccc(Cl)cc2OC)n1. The Kier molecular flexibility index (Phi) is 4.41. The van der Waals surface area contributed by atoms with Gasteiger partial charge >= 0.3 is 6.01 Å². The zero-order valence-corrected chi connectivity index (χ0v) is 11.7. The molecule has 1 aromatic heterocycles. The van der Waals surface area contributed by atoms with E-state index in [1.54, 1.807) is 18.2 Å². The van der Waals surface area contributed by atoms with Gasteiger partial charge in [0.2, 0.25) is 5.95 Å². The molecule has 8 heteroatoms. The van der Waals surface area contributed by atoms with Crippen LogP contribution in [0.1, 0.15) is 17.3 Å². The van der Waals surface area contributed by atoms with Gasteiger partial charge in [-0.15, -0.1) is 5.10 Å². The maximum absolute atomic E-state index is 12.1. The number of nitrogens with one attached hydrogen (secondary N) is 2.